The van der Waals surface area contributed by atoms with Crippen LogP contribution >= 0.6 is 0 Å². The van der Waals surface area contributed by atoms with Crippen molar-refractivity contribution >= 4 is 11.7 Å². The van der Waals surface area contributed by atoms with E-state index in [0.717, 1.165) is 16.8 Å². The highest BCUT2D eigenvalue weighted by molar-refractivity contribution is 5.95. The molecule has 2 aromatic carbocycles. The molecule has 4 rings (SSSR count). The fourth-order valence-electron chi connectivity index (χ4n) is 3.22. The molecule has 3 N–H and O–H groups in total. The first-order valence-electron chi connectivity index (χ1n) is 9.37. The zero-order valence-corrected chi connectivity index (χ0v) is 16.3. The number of nitrogen functional groups attached to an aromatic ring is 1. The summed E-state index contributed by atoms with van der Waals surface area (Å²) in [5.74, 6) is -0.817. The minimum absolute atomic E-state index is 0.0241. The van der Waals surface area contributed by atoms with Gasteiger partial charge in [-0.3, -0.25) is 4.79 Å². The van der Waals surface area contributed by atoms with Crippen LogP contribution in [0.1, 0.15) is 15.9 Å². The van der Waals surface area contributed by atoms with E-state index in [0.29, 0.717) is 17.7 Å². The normalized spacial score (nSPS) is 10.7. The minimum atomic E-state index is -0.622. The summed E-state index contributed by atoms with van der Waals surface area (Å²) in [5, 5.41) is 2.73. The number of benzene rings is 2. The molecule has 0 atom stereocenters. The number of anilines is 1. The van der Waals surface area contributed by atoms with Gasteiger partial charge in [-0.2, -0.15) is 0 Å². The molecule has 0 spiro atoms. The van der Waals surface area contributed by atoms with Crippen LogP contribution in [0.5, 0.6) is 0 Å². The predicted octanol–water partition coefficient (Wildman–Crippen LogP) is 3.80. The van der Waals surface area contributed by atoms with Crippen molar-refractivity contribution in [3.63, 3.8) is 0 Å². The van der Waals surface area contributed by atoms with E-state index < -0.39 is 11.7 Å². The number of nitrogens with two attached hydrogens (primary N) is 1. The molecule has 7 heteroatoms. The van der Waals surface area contributed by atoms with Crippen molar-refractivity contribution in [2.24, 2.45) is 7.05 Å². The summed E-state index contributed by atoms with van der Waals surface area (Å²) in [4.78, 5) is 20.7. The number of imidazole rings is 1. The lowest BCUT2D eigenvalue weighted by atomic mass is 10.0. The van der Waals surface area contributed by atoms with Gasteiger partial charge in [0.25, 0.3) is 5.91 Å². The highest BCUT2D eigenvalue weighted by atomic mass is 19.1. The van der Waals surface area contributed by atoms with Gasteiger partial charge >= 0.3 is 0 Å². The molecule has 0 bridgehead atoms. The molecular weight excluding hydrogens is 381 g/mol. The largest absolute Gasteiger partial charge is 0.383 e. The van der Waals surface area contributed by atoms with E-state index in [4.69, 9.17) is 5.73 Å². The molecule has 0 aliphatic heterocycles. The molecule has 0 saturated carbocycles. The van der Waals surface area contributed by atoms with E-state index in [2.05, 4.69) is 15.3 Å². The Morgan fingerprint density at radius 3 is 2.60 bits per heavy atom. The summed E-state index contributed by atoms with van der Waals surface area (Å²) in [6.45, 7) is 0.324. The number of pyridine rings is 1. The molecular formula is C23H20FN5O. The first-order chi connectivity index (χ1) is 14.5. The molecule has 6 nitrogen and oxygen atoms in total. The maximum absolute atomic E-state index is 14.7. The van der Waals surface area contributed by atoms with Crippen molar-refractivity contribution in [2.45, 2.75) is 6.54 Å². The Morgan fingerprint density at radius 1 is 1.10 bits per heavy atom. The Hall–Kier alpha value is -4.00. The van der Waals surface area contributed by atoms with Crippen LogP contribution in [-0.2, 0) is 13.6 Å². The van der Waals surface area contributed by atoms with Crippen molar-refractivity contribution in [1.82, 2.24) is 19.9 Å². The van der Waals surface area contributed by atoms with E-state index in [1.54, 1.807) is 24.8 Å². The Labute approximate surface area is 173 Å². The SMILES string of the molecule is Cn1cncc1-c1cnc(N)c(-c2ccc(C(=O)NCc3ccccc3)c(F)c2)c1. The first kappa shape index (κ1) is 19.3. The minimum Gasteiger partial charge on any atom is -0.383 e. The van der Waals surface area contributed by atoms with Gasteiger partial charge < -0.3 is 15.6 Å². The molecule has 4 aromatic rings. The second kappa shape index (κ2) is 8.16. The average Bonchev–Trinajstić information content (AvgIpc) is 3.19. The number of hydrogen-bond acceptors (Lipinski definition) is 4. The number of rotatable bonds is 5. The number of amides is 1. The van der Waals surface area contributed by atoms with Crippen molar-refractivity contribution < 1.29 is 9.18 Å². The molecule has 150 valence electrons. The van der Waals surface area contributed by atoms with Gasteiger partial charge in [-0.1, -0.05) is 36.4 Å². The Balaban J connectivity index is 1.59. The lowest BCUT2D eigenvalue weighted by molar-refractivity contribution is 0.0947. The lowest BCUT2D eigenvalue weighted by Gasteiger charge is -2.11. The van der Waals surface area contributed by atoms with Gasteiger partial charge in [-0.05, 0) is 29.3 Å². The number of carbonyl (C=O) groups is 1. The van der Waals surface area contributed by atoms with E-state index in [1.165, 1.54) is 12.1 Å². The smallest absolute Gasteiger partial charge is 0.254 e. The van der Waals surface area contributed by atoms with Crippen LogP contribution in [-0.4, -0.2) is 20.4 Å². The van der Waals surface area contributed by atoms with Crippen LogP contribution in [0.2, 0.25) is 0 Å². The van der Waals surface area contributed by atoms with Crippen LogP contribution in [0.4, 0.5) is 10.2 Å². The van der Waals surface area contributed by atoms with Gasteiger partial charge in [0, 0.05) is 30.9 Å². The fourth-order valence-corrected chi connectivity index (χ4v) is 3.22. The second-order valence-electron chi connectivity index (χ2n) is 6.91. The van der Waals surface area contributed by atoms with Gasteiger partial charge in [-0.15, -0.1) is 0 Å². The topological polar surface area (TPSA) is 85.8 Å². The fraction of sp³-hybridized carbons (Fsp3) is 0.0870. The van der Waals surface area contributed by atoms with Crippen LogP contribution in [0.3, 0.4) is 0 Å². The van der Waals surface area contributed by atoms with Gasteiger partial charge in [0.1, 0.15) is 11.6 Å². The number of carbonyl (C=O) groups excluding carboxylic acids is 1. The van der Waals surface area contributed by atoms with Crippen LogP contribution < -0.4 is 11.1 Å². The van der Waals surface area contributed by atoms with Crippen molar-refractivity contribution in [2.75, 3.05) is 5.73 Å². The van der Waals surface area contributed by atoms with E-state index >= 15 is 0 Å². The van der Waals surface area contributed by atoms with E-state index in [1.807, 2.05) is 48.0 Å². The summed E-state index contributed by atoms with van der Waals surface area (Å²) in [5.41, 5.74) is 9.75. The molecule has 0 aliphatic carbocycles. The molecule has 0 fully saturated rings. The molecule has 0 radical (unpaired) electrons. The maximum atomic E-state index is 14.7. The highest BCUT2D eigenvalue weighted by Gasteiger charge is 2.15. The lowest BCUT2D eigenvalue weighted by Crippen LogP contribution is -2.23. The molecule has 2 aromatic heterocycles. The maximum Gasteiger partial charge on any atom is 0.254 e. The molecule has 1 amide bonds. The number of nitrogens with one attached hydrogen (secondary N) is 1. The van der Waals surface area contributed by atoms with Gasteiger partial charge in [0.2, 0.25) is 0 Å². The predicted molar refractivity (Wildman–Crippen MR) is 114 cm³/mol. The third-order valence-corrected chi connectivity index (χ3v) is 4.85. The van der Waals surface area contributed by atoms with Crippen LogP contribution in [0.15, 0.2) is 73.3 Å². The zero-order valence-electron chi connectivity index (χ0n) is 16.3. The number of hydrogen-bond donors (Lipinski definition) is 2. The molecule has 0 saturated heterocycles. The summed E-state index contributed by atoms with van der Waals surface area (Å²) in [6, 6.07) is 15.7. The monoisotopic (exact) mass is 401 g/mol. The van der Waals surface area contributed by atoms with Crippen LogP contribution in [0.25, 0.3) is 22.4 Å². The molecule has 0 unspecified atom stereocenters. The standard InChI is InChI=1S/C23H20FN5O/c1-29-14-26-13-21(29)17-9-19(22(25)27-12-17)16-7-8-18(20(24)10-16)23(30)28-11-15-5-3-2-4-6-15/h2-10,12-14H,11H2,1H3,(H2,25,27)(H,28,30). The number of aryl methyl sites for hydroxylation is 1. The molecule has 2 heterocycles. The van der Waals surface area contributed by atoms with Gasteiger partial charge in [0.15, 0.2) is 0 Å². The highest BCUT2D eigenvalue weighted by Crippen LogP contribution is 2.30. The van der Waals surface area contributed by atoms with Crippen molar-refractivity contribution in [1.29, 1.82) is 0 Å². The zero-order chi connectivity index (χ0) is 21.1. The third-order valence-electron chi connectivity index (χ3n) is 4.85. The van der Waals surface area contributed by atoms with Gasteiger partial charge in [-0.25, -0.2) is 14.4 Å². The summed E-state index contributed by atoms with van der Waals surface area (Å²) in [7, 11) is 1.88. The third kappa shape index (κ3) is 3.91. The molecule has 30 heavy (non-hydrogen) atoms. The Bertz CT molecular complexity index is 1200. The number of nitrogens with zero attached hydrogens (tertiary/aromatic N) is 3. The summed E-state index contributed by atoms with van der Waals surface area (Å²) in [6.07, 6.45) is 5.06. The summed E-state index contributed by atoms with van der Waals surface area (Å²) < 4.78 is 16.6. The van der Waals surface area contributed by atoms with E-state index in [9.17, 15) is 9.18 Å². The van der Waals surface area contributed by atoms with Crippen LogP contribution in [0, 0.1) is 5.82 Å². The summed E-state index contributed by atoms with van der Waals surface area (Å²) >= 11 is 0. The van der Waals surface area contributed by atoms with Gasteiger partial charge in [0.05, 0.1) is 23.8 Å². The quantitative estimate of drug-likeness (QED) is 0.533. The molecule has 0 aliphatic rings. The first-order valence-corrected chi connectivity index (χ1v) is 9.37. The van der Waals surface area contributed by atoms with Crippen molar-refractivity contribution in [3.05, 3.63) is 90.3 Å². The van der Waals surface area contributed by atoms with Crippen molar-refractivity contribution in [3.8, 4) is 22.4 Å². The van der Waals surface area contributed by atoms with E-state index in [-0.39, 0.29) is 11.4 Å². The Kier molecular flexibility index (Phi) is 5.26. The second-order valence-corrected chi connectivity index (χ2v) is 6.91. The number of halogens is 1. The Morgan fingerprint density at radius 2 is 1.90 bits per heavy atom. The number of aromatic nitrogens is 3. The average molecular weight is 401 g/mol.